The highest BCUT2D eigenvalue weighted by molar-refractivity contribution is 9.10. The number of benzene rings is 1. The summed E-state index contributed by atoms with van der Waals surface area (Å²) in [6, 6.07) is 5.70. The summed E-state index contributed by atoms with van der Waals surface area (Å²) in [5, 5.41) is 3.03. The van der Waals surface area contributed by atoms with Gasteiger partial charge in [-0.25, -0.2) is 0 Å². The smallest absolute Gasteiger partial charge is 0.251 e. The second kappa shape index (κ2) is 6.39. The van der Waals surface area contributed by atoms with E-state index >= 15 is 0 Å². The van der Waals surface area contributed by atoms with Crippen molar-refractivity contribution in [2.45, 2.75) is 38.6 Å². The first-order valence-electron chi connectivity index (χ1n) is 6.83. The van der Waals surface area contributed by atoms with Crippen molar-refractivity contribution >= 4 is 27.7 Å². The highest BCUT2D eigenvalue weighted by atomic mass is 79.9. The number of rotatable bonds is 3. The zero-order valence-electron chi connectivity index (χ0n) is 11.5. The zero-order chi connectivity index (χ0) is 14.7. The van der Waals surface area contributed by atoms with Crippen LogP contribution in [0.1, 0.15) is 41.6 Å². The Morgan fingerprint density at radius 2 is 1.90 bits per heavy atom. The Bertz CT molecular complexity index is 523. The molecule has 1 aromatic rings. The lowest BCUT2D eigenvalue weighted by molar-refractivity contribution is -0.122. The summed E-state index contributed by atoms with van der Waals surface area (Å²) >= 11 is 3.42. The molecular weight excluding hydrogens is 320 g/mol. The third-order valence-corrected chi connectivity index (χ3v) is 4.77. The van der Waals surface area contributed by atoms with Crippen molar-refractivity contribution in [3.05, 3.63) is 33.8 Å². The van der Waals surface area contributed by atoms with Gasteiger partial charge in [0, 0.05) is 22.0 Å². The van der Waals surface area contributed by atoms with E-state index in [0.717, 1.165) is 35.7 Å². The van der Waals surface area contributed by atoms with Crippen LogP contribution in [-0.4, -0.2) is 17.9 Å². The molecule has 0 aliphatic heterocycles. The van der Waals surface area contributed by atoms with Crippen LogP contribution in [0.25, 0.3) is 0 Å². The minimum absolute atomic E-state index is 0.0296. The first kappa shape index (κ1) is 15.0. The minimum atomic E-state index is -0.224. The molecule has 0 unspecified atom stereocenters. The normalized spacial score (nSPS) is 22.3. The van der Waals surface area contributed by atoms with Gasteiger partial charge in [0.25, 0.3) is 5.91 Å². The predicted molar refractivity (Wildman–Crippen MR) is 81.3 cm³/mol. The summed E-state index contributed by atoms with van der Waals surface area (Å²) in [5.41, 5.74) is 7.01. The predicted octanol–water partition coefficient (Wildman–Crippen LogP) is 2.53. The maximum absolute atomic E-state index is 12.2. The van der Waals surface area contributed by atoms with Crippen LogP contribution < -0.4 is 11.1 Å². The summed E-state index contributed by atoms with van der Waals surface area (Å²) < 4.78 is 0.996. The second-order valence-corrected chi connectivity index (χ2v) is 6.24. The van der Waals surface area contributed by atoms with Gasteiger partial charge in [0.05, 0.1) is 0 Å². The van der Waals surface area contributed by atoms with E-state index < -0.39 is 0 Å². The topological polar surface area (TPSA) is 72.2 Å². The number of aryl methyl sites for hydroxylation is 1. The molecule has 1 saturated carbocycles. The second-order valence-electron chi connectivity index (χ2n) is 5.39. The Balaban J connectivity index is 1.92. The van der Waals surface area contributed by atoms with Crippen molar-refractivity contribution in [3.8, 4) is 0 Å². The van der Waals surface area contributed by atoms with E-state index in [1.807, 2.05) is 25.1 Å². The molecule has 0 bridgehead atoms. The molecule has 3 N–H and O–H groups in total. The minimum Gasteiger partial charge on any atom is -0.369 e. The number of nitrogens with two attached hydrogens (primary N) is 1. The SMILES string of the molecule is Cc1cc(C(=O)NC2CCC(C(N)=O)CC2)ccc1Br. The third kappa shape index (κ3) is 3.60. The van der Waals surface area contributed by atoms with Crippen molar-refractivity contribution in [1.82, 2.24) is 5.32 Å². The molecule has 108 valence electrons. The number of amides is 2. The molecular formula is C15H19BrN2O2. The van der Waals surface area contributed by atoms with Crippen LogP contribution in [0.15, 0.2) is 22.7 Å². The highest BCUT2D eigenvalue weighted by Crippen LogP contribution is 2.24. The average molecular weight is 339 g/mol. The fourth-order valence-corrected chi connectivity index (χ4v) is 2.82. The van der Waals surface area contributed by atoms with E-state index in [1.165, 1.54) is 0 Å². The van der Waals surface area contributed by atoms with Crippen LogP contribution in [0.5, 0.6) is 0 Å². The van der Waals surface area contributed by atoms with E-state index in [1.54, 1.807) is 0 Å². The van der Waals surface area contributed by atoms with Crippen LogP contribution in [0, 0.1) is 12.8 Å². The molecule has 0 spiro atoms. The highest BCUT2D eigenvalue weighted by Gasteiger charge is 2.25. The number of nitrogens with one attached hydrogen (secondary N) is 1. The molecule has 2 rings (SSSR count). The fourth-order valence-electron chi connectivity index (χ4n) is 2.58. The number of primary amides is 1. The van der Waals surface area contributed by atoms with Gasteiger partial charge in [-0.3, -0.25) is 9.59 Å². The van der Waals surface area contributed by atoms with Crippen molar-refractivity contribution in [2.75, 3.05) is 0 Å². The van der Waals surface area contributed by atoms with Crippen LogP contribution in [0.3, 0.4) is 0 Å². The number of halogens is 1. The molecule has 0 aromatic heterocycles. The van der Waals surface area contributed by atoms with E-state index in [4.69, 9.17) is 5.73 Å². The molecule has 0 radical (unpaired) electrons. The van der Waals surface area contributed by atoms with Gasteiger partial charge >= 0.3 is 0 Å². The Morgan fingerprint density at radius 1 is 1.25 bits per heavy atom. The average Bonchev–Trinajstić information content (AvgIpc) is 2.42. The largest absolute Gasteiger partial charge is 0.369 e. The van der Waals surface area contributed by atoms with Gasteiger partial charge in [-0.05, 0) is 56.4 Å². The lowest BCUT2D eigenvalue weighted by atomic mass is 9.85. The Labute approximate surface area is 127 Å². The molecule has 5 heteroatoms. The van der Waals surface area contributed by atoms with Crippen LogP contribution in [0.2, 0.25) is 0 Å². The van der Waals surface area contributed by atoms with Crippen LogP contribution in [-0.2, 0) is 4.79 Å². The van der Waals surface area contributed by atoms with Crippen LogP contribution >= 0.6 is 15.9 Å². The van der Waals surface area contributed by atoms with Crippen LogP contribution in [0.4, 0.5) is 0 Å². The van der Waals surface area contributed by atoms with Gasteiger partial charge in [0.2, 0.25) is 5.91 Å². The van der Waals surface area contributed by atoms with Gasteiger partial charge in [-0.1, -0.05) is 15.9 Å². The standard InChI is InChI=1S/C15H19BrN2O2/c1-9-8-11(4-7-13(9)16)15(20)18-12-5-2-10(3-6-12)14(17)19/h4,7-8,10,12H,2-3,5-6H2,1H3,(H2,17,19)(H,18,20). The molecule has 1 aliphatic rings. The quantitative estimate of drug-likeness (QED) is 0.888. The Kier molecular flexibility index (Phi) is 4.81. The van der Waals surface area contributed by atoms with E-state index in [0.29, 0.717) is 5.56 Å². The third-order valence-electron chi connectivity index (χ3n) is 3.88. The zero-order valence-corrected chi connectivity index (χ0v) is 13.1. The van der Waals surface area contributed by atoms with Gasteiger partial charge < -0.3 is 11.1 Å². The molecule has 1 fully saturated rings. The fraction of sp³-hybridized carbons (Fsp3) is 0.467. The Morgan fingerprint density at radius 3 is 2.45 bits per heavy atom. The maximum Gasteiger partial charge on any atom is 0.251 e. The number of carbonyl (C=O) groups excluding carboxylic acids is 2. The molecule has 0 atom stereocenters. The summed E-state index contributed by atoms with van der Waals surface area (Å²) in [5.74, 6) is -0.306. The molecule has 0 saturated heterocycles. The molecule has 1 aliphatic carbocycles. The van der Waals surface area contributed by atoms with Crippen molar-refractivity contribution < 1.29 is 9.59 Å². The van der Waals surface area contributed by atoms with Gasteiger partial charge in [0.15, 0.2) is 0 Å². The van der Waals surface area contributed by atoms with Crippen molar-refractivity contribution in [1.29, 1.82) is 0 Å². The summed E-state index contributed by atoms with van der Waals surface area (Å²) in [7, 11) is 0. The van der Waals surface area contributed by atoms with Gasteiger partial charge in [0.1, 0.15) is 0 Å². The molecule has 1 aromatic carbocycles. The van der Waals surface area contributed by atoms with Gasteiger partial charge in [-0.15, -0.1) is 0 Å². The summed E-state index contributed by atoms with van der Waals surface area (Å²) in [6.07, 6.45) is 3.16. The van der Waals surface area contributed by atoms with E-state index in [-0.39, 0.29) is 23.8 Å². The van der Waals surface area contributed by atoms with Crippen molar-refractivity contribution in [3.63, 3.8) is 0 Å². The number of carbonyl (C=O) groups is 2. The van der Waals surface area contributed by atoms with Crippen molar-refractivity contribution in [2.24, 2.45) is 11.7 Å². The summed E-state index contributed by atoms with van der Waals surface area (Å²) in [6.45, 7) is 1.96. The Hall–Kier alpha value is -1.36. The van der Waals surface area contributed by atoms with E-state index in [2.05, 4.69) is 21.2 Å². The first-order valence-corrected chi connectivity index (χ1v) is 7.63. The monoisotopic (exact) mass is 338 g/mol. The molecule has 0 heterocycles. The molecule has 20 heavy (non-hydrogen) atoms. The lowest BCUT2D eigenvalue weighted by Gasteiger charge is -2.27. The van der Waals surface area contributed by atoms with E-state index in [9.17, 15) is 9.59 Å². The molecule has 4 nitrogen and oxygen atoms in total. The number of hydrogen-bond donors (Lipinski definition) is 2. The molecule has 2 amide bonds. The maximum atomic E-state index is 12.2. The number of hydrogen-bond acceptors (Lipinski definition) is 2. The summed E-state index contributed by atoms with van der Waals surface area (Å²) in [4.78, 5) is 23.3. The first-order chi connectivity index (χ1) is 9.47. The van der Waals surface area contributed by atoms with Gasteiger partial charge in [-0.2, -0.15) is 0 Å². The lowest BCUT2D eigenvalue weighted by Crippen LogP contribution is -2.39.